The van der Waals surface area contributed by atoms with E-state index in [-0.39, 0.29) is 24.9 Å². The van der Waals surface area contributed by atoms with Crippen molar-refractivity contribution >= 4 is 57.6 Å². The standard InChI is InChI=1S/C30H23Cl3N4O3/c1-17(18-2-4-19(5-3-18)30(40)34-11-10-29(38)39)37-28(15-27(36-37)21-7-9-24(32)25(33)13-21)22-12-20-6-8-23(31)14-26(20)35-16-22/h2-9,12-17H,10-11H2,1H3,(H,34,40)(H,38,39). The molecule has 0 saturated carbocycles. The minimum absolute atomic E-state index is 0.0620. The largest absolute Gasteiger partial charge is 0.481 e. The molecule has 40 heavy (non-hydrogen) atoms. The lowest BCUT2D eigenvalue weighted by Crippen LogP contribution is -2.26. The van der Waals surface area contributed by atoms with Crippen LogP contribution in [0.2, 0.25) is 15.1 Å². The number of aromatic nitrogens is 3. The molecule has 0 aliphatic rings. The molecule has 5 aromatic rings. The Balaban J connectivity index is 1.52. The van der Waals surface area contributed by atoms with Gasteiger partial charge < -0.3 is 10.4 Å². The molecule has 3 aromatic carbocycles. The van der Waals surface area contributed by atoms with E-state index in [9.17, 15) is 9.59 Å². The summed E-state index contributed by atoms with van der Waals surface area (Å²) in [5.41, 5.74) is 5.39. The van der Waals surface area contributed by atoms with E-state index in [1.807, 2.05) is 60.1 Å². The van der Waals surface area contributed by atoms with Gasteiger partial charge in [-0.2, -0.15) is 5.10 Å². The van der Waals surface area contributed by atoms with Gasteiger partial charge in [0.2, 0.25) is 0 Å². The molecule has 0 aliphatic carbocycles. The first-order valence-electron chi connectivity index (χ1n) is 12.4. The Bertz CT molecular complexity index is 1730. The van der Waals surface area contributed by atoms with Crippen molar-refractivity contribution in [3.05, 3.63) is 105 Å². The Morgan fingerprint density at radius 2 is 1.70 bits per heavy atom. The molecule has 1 unspecified atom stereocenters. The summed E-state index contributed by atoms with van der Waals surface area (Å²) in [4.78, 5) is 27.7. The fourth-order valence-electron chi connectivity index (χ4n) is 4.38. The van der Waals surface area contributed by atoms with Gasteiger partial charge in [-0.1, -0.05) is 59.1 Å². The molecule has 0 saturated heterocycles. The van der Waals surface area contributed by atoms with Crippen molar-refractivity contribution in [3.63, 3.8) is 0 Å². The van der Waals surface area contributed by atoms with E-state index in [1.54, 1.807) is 30.5 Å². The fraction of sp³-hybridized carbons (Fsp3) is 0.133. The smallest absolute Gasteiger partial charge is 0.305 e. The molecule has 0 bridgehead atoms. The predicted octanol–water partition coefficient (Wildman–Crippen LogP) is 7.54. The van der Waals surface area contributed by atoms with Gasteiger partial charge in [0.25, 0.3) is 5.91 Å². The average Bonchev–Trinajstić information content (AvgIpc) is 3.39. The number of hydrogen-bond donors (Lipinski definition) is 2. The second-order valence-corrected chi connectivity index (χ2v) is 10.5. The van der Waals surface area contributed by atoms with Crippen molar-refractivity contribution in [1.82, 2.24) is 20.1 Å². The number of fused-ring (bicyclic) bond motifs is 1. The van der Waals surface area contributed by atoms with Crippen LogP contribution in [0.3, 0.4) is 0 Å². The first kappa shape index (κ1) is 27.6. The van der Waals surface area contributed by atoms with E-state index >= 15 is 0 Å². The Kier molecular flexibility index (Phi) is 8.07. The van der Waals surface area contributed by atoms with Crippen LogP contribution >= 0.6 is 34.8 Å². The molecular formula is C30H23Cl3N4O3. The number of rotatable bonds is 8. The molecule has 0 aliphatic heterocycles. The van der Waals surface area contributed by atoms with E-state index in [0.717, 1.165) is 33.3 Å². The Hall–Kier alpha value is -3.91. The summed E-state index contributed by atoms with van der Waals surface area (Å²) < 4.78 is 1.92. The maximum atomic E-state index is 12.4. The van der Waals surface area contributed by atoms with E-state index in [1.165, 1.54) is 0 Å². The number of hydrogen-bond acceptors (Lipinski definition) is 4. The highest BCUT2D eigenvalue weighted by Crippen LogP contribution is 2.34. The van der Waals surface area contributed by atoms with Gasteiger partial charge in [-0.25, -0.2) is 0 Å². The third kappa shape index (κ3) is 5.97. The van der Waals surface area contributed by atoms with Gasteiger partial charge in [-0.3, -0.25) is 19.3 Å². The zero-order chi connectivity index (χ0) is 28.4. The topological polar surface area (TPSA) is 97.1 Å². The molecule has 0 fully saturated rings. The summed E-state index contributed by atoms with van der Waals surface area (Å²) in [6, 6.07) is 21.9. The molecule has 2 heterocycles. The maximum absolute atomic E-state index is 12.4. The summed E-state index contributed by atoms with van der Waals surface area (Å²) in [6.07, 6.45) is 1.66. The highest BCUT2D eigenvalue weighted by Gasteiger charge is 2.19. The van der Waals surface area contributed by atoms with Gasteiger partial charge in [0.15, 0.2) is 0 Å². The minimum atomic E-state index is -0.967. The molecule has 0 radical (unpaired) electrons. The molecule has 1 atom stereocenters. The highest BCUT2D eigenvalue weighted by atomic mass is 35.5. The first-order chi connectivity index (χ1) is 19.2. The molecule has 2 N–H and O–H groups in total. The number of amides is 1. The van der Waals surface area contributed by atoms with Crippen LogP contribution in [-0.4, -0.2) is 38.3 Å². The van der Waals surface area contributed by atoms with Crippen LogP contribution in [0.5, 0.6) is 0 Å². The van der Waals surface area contributed by atoms with Crippen LogP contribution in [0, 0.1) is 0 Å². The van der Waals surface area contributed by atoms with Crippen molar-refractivity contribution in [3.8, 4) is 22.5 Å². The number of carboxylic acids is 1. The van der Waals surface area contributed by atoms with Gasteiger partial charge in [0.1, 0.15) is 0 Å². The van der Waals surface area contributed by atoms with Gasteiger partial charge in [-0.05, 0) is 61.0 Å². The monoisotopic (exact) mass is 592 g/mol. The van der Waals surface area contributed by atoms with Crippen molar-refractivity contribution in [2.45, 2.75) is 19.4 Å². The minimum Gasteiger partial charge on any atom is -0.481 e. The summed E-state index contributed by atoms with van der Waals surface area (Å²) in [6.45, 7) is 2.08. The fourth-order valence-corrected chi connectivity index (χ4v) is 4.84. The normalized spacial score (nSPS) is 11.9. The first-order valence-corrected chi connectivity index (χ1v) is 13.5. The summed E-state index contributed by atoms with van der Waals surface area (Å²) in [5.74, 6) is -1.30. The van der Waals surface area contributed by atoms with Crippen LogP contribution in [0.25, 0.3) is 33.4 Å². The molecular weight excluding hydrogens is 571 g/mol. The third-order valence-corrected chi connectivity index (χ3v) is 7.51. The molecule has 2 aromatic heterocycles. The number of nitrogens with zero attached hydrogens (tertiary/aromatic N) is 3. The second kappa shape index (κ2) is 11.7. The SMILES string of the molecule is CC(c1ccc(C(=O)NCCC(=O)O)cc1)n1nc(-c2ccc(Cl)c(Cl)c2)cc1-c1cnc2cc(Cl)ccc2c1. The Labute approximate surface area is 245 Å². The van der Waals surface area contributed by atoms with Gasteiger partial charge in [-0.15, -0.1) is 0 Å². The maximum Gasteiger partial charge on any atom is 0.305 e. The zero-order valence-corrected chi connectivity index (χ0v) is 23.5. The Morgan fingerprint density at radius 1 is 0.925 bits per heavy atom. The lowest BCUT2D eigenvalue weighted by atomic mass is 10.0. The van der Waals surface area contributed by atoms with Gasteiger partial charge in [0, 0.05) is 39.8 Å². The molecule has 10 heteroatoms. The number of aliphatic carboxylic acids is 1. The quantitative estimate of drug-likeness (QED) is 0.194. The van der Waals surface area contributed by atoms with E-state index in [2.05, 4.69) is 10.3 Å². The number of carbonyl (C=O) groups is 2. The molecule has 7 nitrogen and oxygen atoms in total. The van der Waals surface area contributed by atoms with Crippen molar-refractivity contribution in [2.24, 2.45) is 0 Å². The molecule has 202 valence electrons. The lowest BCUT2D eigenvalue weighted by Gasteiger charge is -2.17. The van der Waals surface area contributed by atoms with E-state index in [0.29, 0.717) is 26.3 Å². The summed E-state index contributed by atoms with van der Waals surface area (Å²) in [5, 5.41) is 18.8. The van der Waals surface area contributed by atoms with Crippen molar-refractivity contribution in [1.29, 1.82) is 0 Å². The lowest BCUT2D eigenvalue weighted by molar-refractivity contribution is -0.136. The second-order valence-electron chi connectivity index (χ2n) is 9.25. The van der Waals surface area contributed by atoms with Crippen molar-refractivity contribution < 1.29 is 14.7 Å². The third-order valence-electron chi connectivity index (χ3n) is 6.54. The number of halogens is 3. The summed E-state index contributed by atoms with van der Waals surface area (Å²) in [7, 11) is 0. The number of carboxylic acid groups (broad SMARTS) is 1. The van der Waals surface area contributed by atoms with Crippen molar-refractivity contribution in [2.75, 3.05) is 6.54 Å². The van der Waals surface area contributed by atoms with E-state index < -0.39 is 5.97 Å². The average molecular weight is 594 g/mol. The van der Waals surface area contributed by atoms with Gasteiger partial charge in [0.05, 0.1) is 39.4 Å². The van der Waals surface area contributed by atoms with E-state index in [4.69, 9.17) is 45.0 Å². The van der Waals surface area contributed by atoms with Crippen LogP contribution < -0.4 is 5.32 Å². The number of carbonyl (C=O) groups excluding carboxylic acids is 1. The predicted molar refractivity (Wildman–Crippen MR) is 158 cm³/mol. The number of nitrogens with one attached hydrogen (secondary N) is 1. The molecule has 5 rings (SSSR count). The zero-order valence-electron chi connectivity index (χ0n) is 21.2. The van der Waals surface area contributed by atoms with Gasteiger partial charge >= 0.3 is 5.97 Å². The summed E-state index contributed by atoms with van der Waals surface area (Å²) >= 11 is 18.6. The Morgan fingerprint density at radius 3 is 2.42 bits per heavy atom. The van der Waals surface area contributed by atoms with Crippen LogP contribution in [0.1, 0.15) is 35.3 Å². The van der Waals surface area contributed by atoms with Crippen LogP contribution in [0.15, 0.2) is 79.0 Å². The number of benzene rings is 3. The highest BCUT2D eigenvalue weighted by molar-refractivity contribution is 6.42. The number of pyridine rings is 1. The molecule has 0 spiro atoms. The van der Waals surface area contributed by atoms with Crippen LogP contribution in [0.4, 0.5) is 0 Å². The molecule has 1 amide bonds. The van der Waals surface area contributed by atoms with Crippen LogP contribution in [-0.2, 0) is 4.79 Å².